The van der Waals surface area contributed by atoms with Gasteiger partial charge in [0.2, 0.25) is 0 Å². The standard InChI is InChI=1S/C15H19NO2/c1-12-7-9-18-15(12)11-16-14-6-2-4-13(10-14)5-3-8-17/h2,4,6-7,9-10,16-17H,3,5,8,11H2,1H3. The van der Waals surface area contributed by atoms with Gasteiger partial charge in [-0.05, 0) is 49.1 Å². The van der Waals surface area contributed by atoms with E-state index in [1.807, 2.05) is 25.1 Å². The van der Waals surface area contributed by atoms with Crippen molar-refractivity contribution in [1.82, 2.24) is 0 Å². The van der Waals surface area contributed by atoms with Gasteiger partial charge in [-0.1, -0.05) is 12.1 Å². The predicted octanol–water partition coefficient (Wildman–Crippen LogP) is 3.13. The van der Waals surface area contributed by atoms with Crippen LogP contribution in [0.1, 0.15) is 23.3 Å². The van der Waals surface area contributed by atoms with E-state index in [1.165, 1.54) is 11.1 Å². The molecule has 0 saturated carbocycles. The molecule has 0 unspecified atom stereocenters. The summed E-state index contributed by atoms with van der Waals surface area (Å²) in [6, 6.07) is 10.2. The van der Waals surface area contributed by atoms with E-state index in [4.69, 9.17) is 9.52 Å². The Morgan fingerprint density at radius 1 is 1.28 bits per heavy atom. The normalized spacial score (nSPS) is 10.6. The first kappa shape index (κ1) is 12.7. The number of anilines is 1. The second kappa shape index (κ2) is 6.26. The summed E-state index contributed by atoms with van der Waals surface area (Å²) in [5, 5.41) is 12.2. The van der Waals surface area contributed by atoms with Crippen molar-refractivity contribution in [2.75, 3.05) is 11.9 Å². The Hall–Kier alpha value is -1.74. The molecule has 3 nitrogen and oxygen atoms in total. The molecular formula is C15H19NO2. The largest absolute Gasteiger partial charge is 0.467 e. The molecule has 3 heteroatoms. The molecule has 0 bridgehead atoms. The van der Waals surface area contributed by atoms with Crippen molar-refractivity contribution in [1.29, 1.82) is 0 Å². The van der Waals surface area contributed by atoms with Gasteiger partial charge < -0.3 is 14.8 Å². The smallest absolute Gasteiger partial charge is 0.125 e. The van der Waals surface area contributed by atoms with Crippen LogP contribution < -0.4 is 5.32 Å². The van der Waals surface area contributed by atoms with Gasteiger partial charge >= 0.3 is 0 Å². The quantitative estimate of drug-likeness (QED) is 0.822. The molecule has 1 heterocycles. The van der Waals surface area contributed by atoms with Crippen molar-refractivity contribution in [3.8, 4) is 0 Å². The lowest BCUT2D eigenvalue weighted by atomic mass is 10.1. The Kier molecular flexibility index (Phi) is 4.42. The topological polar surface area (TPSA) is 45.4 Å². The molecule has 0 amide bonds. The van der Waals surface area contributed by atoms with E-state index in [0.717, 1.165) is 24.3 Å². The first-order valence-electron chi connectivity index (χ1n) is 6.26. The first-order valence-corrected chi connectivity index (χ1v) is 6.26. The van der Waals surface area contributed by atoms with Gasteiger partial charge in [0.25, 0.3) is 0 Å². The van der Waals surface area contributed by atoms with Gasteiger partial charge in [-0.3, -0.25) is 0 Å². The van der Waals surface area contributed by atoms with Gasteiger partial charge in [-0.2, -0.15) is 0 Å². The van der Waals surface area contributed by atoms with Gasteiger partial charge in [0.1, 0.15) is 5.76 Å². The summed E-state index contributed by atoms with van der Waals surface area (Å²) in [4.78, 5) is 0. The van der Waals surface area contributed by atoms with Crippen molar-refractivity contribution >= 4 is 5.69 Å². The summed E-state index contributed by atoms with van der Waals surface area (Å²) in [5.74, 6) is 0.968. The fourth-order valence-corrected chi connectivity index (χ4v) is 1.89. The summed E-state index contributed by atoms with van der Waals surface area (Å²) in [6.45, 7) is 2.98. The van der Waals surface area contributed by atoms with Gasteiger partial charge in [0.15, 0.2) is 0 Å². The third-order valence-corrected chi connectivity index (χ3v) is 2.97. The molecule has 0 fully saturated rings. The minimum Gasteiger partial charge on any atom is -0.467 e. The molecule has 0 aliphatic rings. The Labute approximate surface area is 107 Å². The highest BCUT2D eigenvalue weighted by Gasteiger charge is 2.01. The van der Waals surface area contributed by atoms with Gasteiger partial charge in [-0.15, -0.1) is 0 Å². The van der Waals surface area contributed by atoms with E-state index < -0.39 is 0 Å². The number of rotatable bonds is 6. The van der Waals surface area contributed by atoms with E-state index >= 15 is 0 Å². The minimum atomic E-state index is 0.239. The zero-order chi connectivity index (χ0) is 12.8. The molecule has 2 aromatic rings. The van der Waals surface area contributed by atoms with Gasteiger partial charge in [-0.25, -0.2) is 0 Å². The average molecular weight is 245 g/mol. The van der Waals surface area contributed by atoms with Crippen LogP contribution in [0.2, 0.25) is 0 Å². The van der Waals surface area contributed by atoms with Crippen LogP contribution in [0.5, 0.6) is 0 Å². The number of benzene rings is 1. The van der Waals surface area contributed by atoms with Crippen LogP contribution in [0, 0.1) is 6.92 Å². The molecule has 0 saturated heterocycles. The molecule has 96 valence electrons. The Morgan fingerprint density at radius 2 is 2.17 bits per heavy atom. The maximum Gasteiger partial charge on any atom is 0.125 e. The Morgan fingerprint density at radius 3 is 2.89 bits per heavy atom. The zero-order valence-corrected chi connectivity index (χ0v) is 10.6. The molecule has 0 spiro atoms. The number of nitrogens with one attached hydrogen (secondary N) is 1. The zero-order valence-electron chi connectivity index (χ0n) is 10.6. The molecule has 0 aliphatic heterocycles. The van der Waals surface area contributed by atoms with Crippen molar-refractivity contribution in [2.24, 2.45) is 0 Å². The molecule has 0 aliphatic carbocycles. The lowest BCUT2D eigenvalue weighted by molar-refractivity contribution is 0.288. The van der Waals surface area contributed by atoms with Crippen LogP contribution in [0.4, 0.5) is 5.69 Å². The monoisotopic (exact) mass is 245 g/mol. The molecule has 0 atom stereocenters. The molecular weight excluding hydrogens is 226 g/mol. The number of aliphatic hydroxyl groups is 1. The molecule has 1 aromatic heterocycles. The maximum absolute atomic E-state index is 8.83. The molecule has 18 heavy (non-hydrogen) atoms. The Balaban J connectivity index is 1.95. The Bertz CT molecular complexity index is 491. The molecule has 2 rings (SSSR count). The van der Waals surface area contributed by atoms with E-state index in [-0.39, 0.29) is 6.61 Å². The second-order valence-corrected chi connectivity index (χ2v) is 4.41. The third-order valence-electron chi connectivity index (χ3n) is 2.97. The summed E-state index contributed by atoms with van der Waals surface area (Å²) in [6.07, 6.45) is 3.43. The molecule has 2 N–H and O–H groups in total. The van der Waals surface area contributed by atoms with Gasteiger partial charge in [0.05, 0.1) is 12.8 Å². The third kappa shape index (κ3) is 3.37. The lowest BCUT2D eigenvalue weighted by Crippen LogP contribution is -2.00. The number of furan rings is 1. The lowest BCUT2D eigenvalue weighted by Gasteiger charge is -2.07. The van der Waals surface area contributed by atoms with E-state index in [1.54, 1.807) is 6.26 Å². The van der Waals surface area contributed by atoms with Crippen LogP contribution >= 0.6 is 0 Å². The molecule has 0 radical (unpaired) electrons. The second-order valence-electron chi connectivity index (χ2n) is 4.41. The number of aryl methyl sites for hydroxylation is 2. The highest BCUT2D eigenvalue weighted by molar-refractivity contribution is 5.46. The van der Waals surface area contributed by atoms with Crippen molar-refractivity contribution < 1.29 is 9.52 Å². The highest BCUT2D eigenvalue weighted by atomic mass is 16.3. The fraction of sp³-hybridized carbons (Fsp3) is 0.333. The van der Waals surface area contributed by atoms with Crippen LogP contribution in [0.15, 0.2) is 41.0 Å². The first-order chi connectivity index (χ1) is 8.79. The molecule has 1 aromatic carbocycles. The highest BCUT2D eigenvalue weighted by Crippen LogP contribution is 2.15. The van der Waals surface area contributed by atoms with Crippen LogP contribution in [-0.2, 0) is 13.0 Å². The van der Waals surface area contributed by atoms with Crippen LogP contribution in [0.25, 0.3) is 0 Å². The minimum absolute atomic E-state index is 0.239. The van der Waals surface area contributed by atoms with E-state index in [9.17, 15) is 0 Å². The fourth-order valence-electron chi connectivity index (χ4n) is 1.89. The predicted molar refractivity (Wildman–Crippen MR) is 72.6 cm³/mol. The van der Waals surface area contributed by atoms with Crippen molar-refractivity contribution in [3.05, 3.63) is 53.5 Å². The maximum atomic E-state index is 8.83. The average Bonchev–Trinajstić information content (AvgIpc) is 2.80. The van der Waals surface area contributed by atoms with Crippen molar-refractivity contribution in [2.45, 2.75) is 26.3 Å². The van der Waals surface area contributed by atoms with E-state index in [2.05, 4.69) is 17.4 Å². The van der Waals surface area contributed by atoms with Crippen LogP contribution in [-0.4, -0.2) is 11.7 Å². The van der Waals surface area contributed by atoms with Crippen molar-refractivity contribution in [3.63, 3.8) is 0 Å². The summed E-state index contributed by atoms with van der Waals surface area (Å²) in [5.41, 5.74) is 3.49. The van der Waals surface area contributed by atoms with Gasteiger partial charge in [0, 0.05) is 12.3 Å². The van der Waals surface area contributed by atoms with Crippen LogP contribution in [0.3, 0.4) is 0 Å². The number of hydrogen-bond acceptors (Lipinski definition) is 3. The summed E-state index contributed by atoms with van der Waals surface area (Å²) >= 11 is 0. The SMILES string of the molecule is Cc1ccoc1CNc1cccc(CCCO)c1. The number of aliphatic hydroxyl groups excluding tert-OH is 1. The summed E-state index contributed by atoms with van der Waals surface area (Å²) < 4.78 is 5.39. The van der Waals surface area contributed by atoms with E-state index in [0.29, 0.717) is 6.54 Å². The number of hydrogen-bond donors (Lipinski definition) is 2. The summed E-state index contributed by atoms with van der Waals surface area (Å²) in [7, 11) is 0.